The minimum Gasteiger partial charge on any atom is -0.371 e. The molecule has 2 fully saturated rings. The Bertz CT molecular complexity index is 1080. The molecule has 0 unspecified atom stereocenters. The molecule has 6 heteroatoms. The highest BCUT2D eigenvalue weighted by Gasteiger charge is 2.25. The quantitative estimate of drug-likeness (QED) is 0.562. The molecule has 2 aliphatic heterocycles. The van der Waals surface area contributed by atoms with Crippen LogP contribution in [0.2, 0.25) is 0 Å². The molecule has 3 heterocycles. The van der Waals surface area contributed by atoms with Crippen molar-refractivity contribution in [2.24, 2.45) is 0 Å². The first-order chi connectivity index (χ1) is 16.6. The lowest BCUT2D eigenvalue weighted by Gasteiger charge is -2.37. The van der Waals surface area contributed by atoms with Crippen molar-refractivity contribution < 1.29 is 4.79 Å². The molecule has 0 saturated carbocycles. The molecule has 0 spiro atoms. The highest BCUT2D eigenvalue weighted by Crippen LogP contribution is 2.28. The average Bonchev–Trinajstić information content (AvgIpc) is 3.30. The van der Waals surface area contributed by atoms with Gasteiger partial charge in [-0.05, 0) is 56.5 Å². The van der Waals surface area contributed by atoms with Crippen molar-refractivity contribution >= 4 is 22.5 Å². The van der Waals surface area contributed by atoms with Gasteiger partial charge in [0.05, 0.1) is 6.54 Å². The van der Waals surface area contributed by atoms with E-state index in [1.807, 2.05) is 4.90 Å². The number of H-pyrrole nitrogens is 1. The van der Waals surface area contributed by atoms with E-state index in [1.54, 1.807) is 0 Å². The summed E-state index contributed by atoms with van der Waals surface area (Å²) in [6.07, 6.45) is 2.26. The second-order valence-electron chi connectivity index (χ2n) is 9.98. The van der Waals surface area contributed by atoms with Crippen molar-refractivity contribution in [3.63, 3.8) is 0 Å². The molecule has 6 nitrogen and oxygen atoms in total. The lowest BCUT2D eigenvalue weighted by molar-refractivity contribution is -0.136. The van der Waals surface area contributed by atoms with Crippen molar-refractivity contribution in [2.45, 2.75) is 38.8 Å². The standard InChI is InChI=1S/C28H37N5O/c1-21(2)33-17-16-32(28(34)20-33)15-12-29-24-10-13-31(14-11-24)25-8-5-7-22(18-25)27-19-23-6-3-4-9-26(23)30-27/h3-9,18-19,21,24,29-30H,10-17,20H2,1-2H3. The number of rotatable bonds is 7. The van der Waals surface area contributed by atoms with E-state index >= 15 is 0 Å². The molecule has 0 atom stereocenters. The number of para-hydroxylation sites is 1. The number of carbonyl (C=O) groups is 1. The van der Waals surface area contributed by atoms with Crippen LogP contribution in [-0.2, 0) is 4.79 Å². The minimum absolute atomic E-state index is 0.270. The van der Waals surface area contributed by atoms with E-state index < -0.39 is 0 Å². The third-order valence-electron chi connectivity index (χ3n) is 7.44. The molecule has 34 heavy (non-hydrogen) atoms. The molecule has 2 N–H and O–H groups in total. The van der Waals surface area contributed by atoms with Gasteiger partial charge in [-0.25, -0.2) is 0 Å². The van der Waals surface area contributed by atoms with Crippen LogP contribution in [0.15, 0.2) is 54.6 Å². The summed E-state index contributed by atoms with van der Waals surface area (Å²) in [6, 6.07) is 20.5. The maximum atomic E-state index is 12.4. The van der Waals surface area contributed by atoms with Crippen LogP contribution in [-0.4, -0.2) is 78.6 Å². The van der Waals surface area contributed by atoms with Gasteiger partial charge in [0.15, 0.2) is 0 Å². The van der Waals surface area contributed by atoms with Crippen molar-refractivity contribution in [3.8, 4) is 11.3 Å². The summed E-state index contributed by atoms with van der Waals surface area (Å²) in [7, 11) is 0. The first kappa shape index (κ1) is 22.9. The number of carbonyl (C=O) groups excluding carboxylic acids is 1. The lowest BCUT2D eigenvalue weighted by atomic mass is 10.0. The normalized spacial score (nSPS) is 18.4. The Morgan fingerprint density at radius 1 is 1.00 bits per heavy atom. The van der Waals surface area contributed by atoms with Crippen molar-refractivity contribution in [1.82, 2.24) is 20.1 Å². The van der Waals surface area contributed by atoms with Crippen LogP contribution in [0.3, 0.4) is 0 Å². The first-order valence-electron chi connectivity index (χ1n) is 12.7. The average molecular weight is 460 g/mol. The molecular weight excluding hydrogens is 422 g/mol. The maximum Gasteiger partial charge on any atom is 0.236 e. The highest BCUT2D eigenvalue weighted by molar-refractivity contribution is 5.86. The van der Waals surface area contributed by atoms with Crippen LogP contribution < -0.4 is 10.2 Å². The molecule has 180 valence electrons. The van der Waals surface area contributed by atoms with Gasteiger partial charge < -0.3 is 20.1 Å². The van der Waals surface area contributed by atoms with Crippen LogP contribution in [0.25, 0.3) is 22.2 Å². The number of anilines is 1. The number of amides is 1. The summed E-state index contributed by atoms with van der Waals surface area (Å²) in [6.45, 7) is 10.5. The SMILES string of the molecule is CC(C)N1CCN(CCNC2CCN(c3cccc(-c4cc5ccccc5[nH]4)c3)CC2)C(=O)C1. The van der Waals surface area contributed by atoms with Crippen LogP contribution >= 0.6 is 0 Å². The summed E-state index contributed by atoms with van der Waals surface area (Å²) >= 11 is 0. The number of fused-ring (bicyclic) bond motifs is 1. The van der Waals surface area contributed by atoms with E-state index in [4.69, 9.17) is 0 Å². The highest BCUT2D eigenvalue weighted by atomic mass is 16.2. The Labute approximate surface area is 202 Å². The topological polar surface area (TPSA) is 54.6 Å². The van der Waals surface area contributed by atoms with E-state index in [0.717, 1.165) is 52.1 Å². The van der Waals surface area contributed by atoms with Gasteiger partial charge in [0, 0.05) is 73.6 Å². The fraction of sp³-hybridized carbons (Fsp3) is 0.464. The van der Waals surface area contributed by atoms with Crippen LogP contribution in [0.5, 0.6) is 0 Å². The Kier molecular flexibility index (Phi) is 6.88. The number of nitrogens with one attached hydrogen (secondary N) is 2. The maximum absolute atomic E-state index is 12.4. The Morgan fingerprint density at radius 3 is 2.59 bits per heavy atom. The van der Waals surface area contributed by atoms with Gasteiger partial charge in [-0.2, -0.15) is 0 Å². The van der Waals surface area contributed by atoms with Gasteiger partial charge in [0.2, 0.25) is 5.91 Å². The van der Waals surface area contributed by atoms with Gasteiger partial charge in [-0.1, -0.05) is 30.3 Å². The van der Waals surface area contributed by atoms with Crippen LogP contribution in [0.1, 0.15) is 26.7 Å². The predicted octanol–water partition coefficient (Wildman–Crippen LogP) is 3.95. The summed E-state index contributed by atoms with van der Waals surface area (Å²) in [5.74, 6) is 0.270. The molecule has 2 aliphatic rings. The van der Waals surface area contributed by atoms with Gasteiger partial charge >= 0.3 is 0 Å². The molecule has 1 aromatic heterocycles. The predicted molar refractivity (Wildman–Crippen MR) is 140 cm³/mol. The second kappa shape index (κ2) is 10.2. The van der Waals surface area contributed by atoms with Gasteiger partial charge in [0.25, 0.3) is 0 Å². The fourth-order valence-corrected chi connectivity index (χ4v) is 5.25. The monoisotopic (exact) mass is 459 g/mol. The van der Waals surface area contributed by atoms with Gasteiger partial charge in [-0.3, -0.25) is 9.69 Å². The summed E-state index contributed by atoms with van der Waals surface area (Å²) in [4.78, 5) is 22.8. The molecule has 1 amide bonds. The third kappa shape index (κ3) is 5.13. The minimum atomic E-state index is 0.270. The van der Waals surface area contributed by atoms with E-state index in [-0.39, 0.29) is 5.91 Å². The molecule has 5 rings (SSSR count). The molecule has 2 aromatic carbocycles. The van der Waals surface area contributed by atoms with Crippen LogP contribution in [0.4, 0.5) is 5.69 Å². The number of piperidine rings is 1. The van der Waals surface area contributed by atoms with Gasteiger partial charge in [0.1, 0.15) is 0 Å². The van der Waals surface area contributed by atoms with E-state index in [2.05, 4.69) is 88.5 Å². The summed E-state index contributed by atoms with van der Waals surface area (Å²) in [5.41, 5.74) is 4.88. The zero-order valence-corrected chi connectivity index (χ0v) is 20.5. The molecule has 0 radical (unpaired) electrons. The van der Waals surface area contributed by atoms with Crippen molar-refractivity contribution in [2.75, 3.05) is 50.7 Å². The summed E-state index contributed by atoms with van der Waals surface area (Å²) in [5, 5.41) is 4.96. The zero-order valence-electron chi connectivity index (χ0n) is 20.5. The molecule has 0 aliphatic carbocycles. The molecular formula is C28H37N5O. The number of aromatic amines is 1. The fourth-order valence-electron chi connectivity index (χ4n) is 5.25. The number of piperazine rings is 1. The number of hydrogen-bond donors (Lipinski definition) is 2. The van der Waals surface area contributed by atoms with E-state index in [0.29, 0.717) is 18.6 Å². The summed E-state index contributed by atoms with van der Waals surface area (Å²) < 4.78 is 0. The Balaban J connectivity index is 1.10. The Hall–Kier alpha value is -2.83. The van der Waals surface area contributed by atoms with E-state index in [9.17, 15) is 4.79 Å². The number of benzene rings is 2. The third-order valence-corrected chi connectivity index (χ3v) is 7.44. The van der Waals surface area contributed by atoms with Gasteiger partial charge in [-0.15, -0.1) is 0 Å². The largest absolute Gasteiger partial charge is 0.371 e. The molecule has 0 bridgehead atoms. The second-order valence-corrected chi connectivity index (χ2v) is 9.98. The van der Waals surface area contributed by atoms with Crippen molar-refractivity contribution in [3.05, 3.63) is 54.6 Å². The molecule has 2 saturated heterocycles. The first-order valence-corrected chi connectivity index (χ1v) is 12.7. The molecule has 3 aromatic rings. The Morgan fingerprint density at radius 2 is 1.82 bits per heavy atom. The number of hydrogen-bond acceptors (Lipinski definition) is 4. The zero-order chi connectivity index (χ0) is 23.5. The van der Waals surface area contributed by atoms with E-state index in [1.165, 1.54) is 27.8 Å². The number of aromatic nitrogens is 1. The van der Waals surface area contributed by atoms with Crippen LogP contribution in [0, 0.1) is 0 Å². The number of nitrogens with zero attached hydrogens (tertiary/aromatic N) is 3. The lowest BCUT2D eigenvalue weighted by Crippen LogP contribution is -2.54. The van der Waals surface area contributed by atoms with Crippen molar-refractivity contribution in [1.29, 1.82) is 0 Å². The smallest absolute Gasteiger partial charge is 0.236 e.